The molecule has 0 bridgehead atoms. The van der Waals surface area contributed by atoms with Crippen LogP contribution in [0.25, 0.3) is 5.57 Å². The molecule has 0 aliphatic carbocycles. The van der Waals surface area contributed by atoms with E-state index in [-0.39, 0.29) is 23.8 Å². The average molecular weight is 452 g/mol. The summed E-state index contributed by atoms with van der Waals surface area (Å²) in [5.74, 6) is -0.290. The Morgan fingerprint density at radius 2 is 1.52 bits per heavy atom. The summed E-state index contributed by atoms with van der Waals surface area (Å²) < 4.78 is 49.5. The van der Waals surface area contributed by atoms with Crippen LogP contribution in [0, 0.1) is 0 Å². The van der Waals surface area contributed by atoms with Crippen molar-refractivity contribution in [2.45, 2.75) is 6.18 Å². The van der Waals surface area contributed by atoms with E-state index in [0.717, 1.165) is 29.2 Å². The summed E-state index contributed by atoms with van der Waals surface area (Å²) in [4.78, 5) is 27.5. The number of fused-ring (bicyclic) bond motifs is 1. The second-order valence-corrected chi connectivity index (χ2v) is 7.30. The van der Waals surface area contributed by atoms with Crippen molar-refractivity contribution in [1.29, 1.82) is 0 Å². The summed E-state index contributed by atoms with van der Waals surface area (Å²) in [6.45, 7) is 0.0792. The normalized spacial score (nSPS) is 15.4. The molecule has 6 nitrogen and oxygen atoms in total. The standard InChI is InChI=1S/C24H15F3N2O4/c25-24(26,27)15-6-9-17(10-7-15)29-22(30)20(14-4-2-1-3-5-14)21(23(29)31)28-16-8-11-18-19(12-16)33-13-32-18/h1-12,28H,13H2. The maximum absolute atomic E-state index is 13.3. The highest BCUT2D eigenvalue weighted by atomic mass is 19.4. The second-order valence-electron chi connectivity index (χ2n) is 7.30. The molecule has 33 heavy (non-hydrogen) atoms. The van der Waals surface area contributed by atoms with Crippen molar-refractivity contribution < 1.29 is 32.2 Å². The number of anilines is 2. The molecule has 0 saturated heterocycles. The number of halogens is 3. The second kappa shape index (κ2) is 7.70. The lowest BCUT2D eigenvalue weighted by Crippen LogP contribution is -2.32. The van der Waals surface area contributed by atoms with Crippen molar-refractivity contribution in [2.75, 3.05) is 17.0 Å². The first kappa shape index (κ1) is 20.6. The highest BCUT2D eigenvalue weighted by molar-refractivity contribution is 6.46. The van der Waals surface area contributed by atoms with E-state index in [4.69, 9.17) is 9.47 Å². The van der Waals surface area contributed by atoms with Gasteiger partial charge in [0, 0.05) is 11.8 Å². The van der Waals surface area contributed by atoms with E-state index in [1.165, 1.54) is 0 Å². The minimum atomic E-state index is -4.53. The molecule has 5 rings (SSSR count). The molecule has 0 atom stereocenters. The number of carbonyl (C=O) groups is 2. The fourth-order valence-electron chi connectivity index (χ4n) is 3.67. The number of hydrogen-bond acceptors (Lipinski definition) is 5. The third-order valence-electron chi connectivity index (χ3n) is 5.24. The predicted molar refractivity (Wildman–Crippen MR) is 113 cm³/mol. The van der Waals surface area contributed by atoms with E-state index in [2.05, 4.69) is 5.32 Å². The van der Waals surface area contributed by atoms with Gasteiger partial charge in [-0.05, 0) is 42.0 Å². The van der Waals surface area contributed by atoms with Gasteiger partial charge in [0.25, 0.3) is 11.8 Å². The molecule has 0 radical (unpaired) electrons. The Balaban J connectivity index is 1.54. The minimum Gasteiger partial charge on any atom is -0.454 e. The van der Waals surface area contributed by atoms with Gasteiger partial charge >= 0.3 is 6.18 Å². The van der Waals surface area contributed by atoms with Crippen molar-refractivity contribution in [3.8, 4) is 11.5 Å². The molecule has 3 aromatic carbocycles. The summed E-state index contributed by atoms with van der Waals surface area (Å²) in [5.41, 5.74) is 0.254. The Morgan fingerprint density at radius 3 is 2.21 bits per heavy atom. The number of nitrogens with zero attached hydrogens (tertiary/aromatic N) is 1. The van der Waals surface area contributed by atoms with Gasteiger partial charge in [-0.25, -0.2) is 4.90 Å². The zero-order valence-corrected chi connectivity index (χ0v) is 16.8. The first-order chi connectivity index (χ1) is 15.8. The number of rotatable bonds is 4. The quantitative estimate of drug-likeness (QED) is 0.575. The molecule has 1 N–H and O–H groups in total. The van der Waals surface area contributed by atoms with Gasteiger partial charge in [0.2, 0.25) is 6.79 Å². The van der Waals surface area contributed by atoms with Crippen LogP contribution in [0.1, 0.15) is 11.1 Å². The van der Waals surface area contributed by atoms with Gasteiger partial charge < -0.3 is 14.8 Å². The molecule has 0 spiro atoms. The highest BCUT2D eigenvalue weighted by Gasteiger charge is 2.41. The highest BCUT2D eigenvalue weighted by Crippen LogP contribution is 2.38. The number of nitrogens with one attached hydrogen (secondary N) is 1. The lowest BCUT2D eigenvalue weighted by Gasteiger charge is -2.16. The number of hydrogen-bond donors (Lipinski definition) is 1. The molecule has 2 amide bonds. The molecule has 0 fully saturated rings. The molecule has 166 valence electrons. The average Bonchev–Trinajstić information content (AvgIpc) is 3.36. The zero-order chi connectivity index (χ0) is 23.2. The molecule has 0 unspecified atom stereocenters. The van der Waals surface area contributed by atoms with Crippen LogP contribution < -0.4 is 19.7 Å². The van der Waals surface area contributed by atoms with Crippen LogP contribution in [0.15, 0.2) is 78.5 Å². The van der Waals surface area contributed by atoms with E-state index < -0.39 is 23.6 Å². The van der Waals surface area contributed by atoms with Crippen LogP contribution in [0.2, 0.25) is 0 Å². The van der Waals surface area contributed by atoms with Gasteiger partial charge in [0.05, 0.1) is 16.8 Å². The molecule has 2 aliphatic rings. The van der Waals surface area contributed by atoms with Gasteiger partial charge in [0.15, 0.2) is 11.5 Å². The van der Waals surface area contributed by atoms with E-state index >= 15 is 0 Å². The molecular formula is C24H15F3N2O4. The summed E-state index contributed by atoms with van der Waals surface area (Å²) in [7, 11) is 0. The monoisotopic (exact) mass is 452 g/mol. The van der Waals surface area contributed by atoms with Gasteiger partial charge in [0.1, 0.15) is 5.70 Å². The topological polar surface area (TPSA) is 67.9 Å². The molecule has 2 heterocycles. The van der Waals surface area contributed by atoms with Crippen LogP contribution in [0.4, 0.5) is 24.5 Å². The van der Waals surface area contributed by atoms with Crippen molar-refractivity contribution >= 4 is 28.8 Å². The van der Waals surface area contributed by atoms with Crippen molar-refractivity contribution in [2.24, 2.45) is 0 Å². The number of benzene rings is 3. The maximum Gasteiger partial charge on any atom is 0.416 e. The molecule has 2 aliphatic heterocycles. The van der Waals surface area contributed by atoms with E-state index in [9.17, 15) is 22.8 Å². The molecule has 9 heteroatoms. The first-order valence-corrected chi connectivity index (χ1v) is 9.85. The summed E-state index contributed by atoms with van der Waals surface area (Å²) in [6.07, 6.45) is -4.53. The van der Waals surface area contributed by atoms with E-state index in [1.807, 2.05) is 0 Å². The van der Waals surface area contributed by atoms with Crippen LogP contribution in [0.3, 0.4) is 0 Å². The Bertz CT molecular complexity index is 1290. The zero-order valence-electron chi connectivity index (χ0n) is 16.8. The Hall–Kier alpha value is -4.27. The smallest absolute Gasteiger partial charge is 0.416 e. The SMILES string of the molecule is O=C1C(Nc2ccc3c(c2)OCO3)=C(c2ccccc2)C(=O)N1c1ccc(C(F)(F)F)cc1. The van der Waals surface area contributed by atoms with Gasteiger partial charge in [-0.2, -0.15) is 13.2 Å². The number of alkyl halides is 3. The van der Waals surface area contributed by atoms with Gasteiger partial charge in [-0.1, -0.05) is 30.3 Å². The Labute approximate surface area is 185 Å². The van der Waals surface area contributed by atoms with Crippen molar-refractivity contribution in [1.82, 2.24) is 0 Å². The van der Waals surface area contributed by atoms with Crippen molar-refractivity contribution in [3.05, 3.63) is 89.6 Å². The largest absolute Gasteiger partial charge is 0.454 e. The van der Waals surface area contributed by atoms with E-state index in [1.54, 1.807) is 48.5 Å². The Morgan fingerprint density at radius 1 is 0.818 bits per heavy atom. The van der Waals surface area contributed by atoms with Crippen LogP contribution in [-0.4, -0.2) is 18.6 Å². The van der Waals surface area contributed by atoms with Gasteiger partial charge in [-0.3, -0.25) is 9.59 Å². The fraction of sp³-hybridized carbons (Fsp3) is 0.0833. The molecule has 0 saturated carbocycles. The minimum absolute atomic E-state index is 0.00460. The third kappa shape index (κ3) is 3.67. The Kier molecular flexibility index (Phi) is 4.81. The number of ether oxygens (including phenoxy) is 2. The third-order valence-corrected chi connectivity index (χ3v) is 5.24. The summed E-state index contributed by atoms with van der Waals surface area (Å²) in [6, 6.07) is 17.4. The summed E-state index contributed by atoms with van der Waals surface area (Å²) >= 11 is 0. The van der Waals surface area contributed by atoms with Crippen LogP contribution in [-0.2, 0) is 15.8 Å². The van der Waals surface area contributed by atoms with E-state index in [0.29, 0.717) is 22.7 Å². The van der Waals surface area contributed by atoms with Gasteiger partial charge in [-0.15, -0.1) is 0 Å². The van der Waals surface area contributed by atoms with Crippen LogP contribution in [0.5, 0.6) is 11.5 Å². The fourth-order valence-corrected chi connectivity index (χ4v) is 3.67. The predicted octanol–water partition coefficient (Wildman–Crippen LogP) is 4.83. The van der Waals surface area contributed by atoms with Crippen molar-refractivity contribution in [3.63, 3.8) is 0 Å². The molecular weight excluding hydrogens is 437 g/mol. The molecule has 0 aromatic heterocycles. The first-order valence-electron chi connectivity index (χ1n) is 9.85. The van der Waals surface area contributed by atoms with Crippen LogP contribution >= 0.6 is 0 Å². The molecule has 3 aromatic rings. The lowest BCUT2D eigenvalue weighted by atomic mass is 10.0. The number of imide groups is 1. The lowest BCUT2D eigenvalue weighted by molar-refractivity contribution is -0.137. The maximum atomic E-state index is 13.3. The number of carbonyl (C=O) groups excluding carboxylic acids is 2. The summed E-state index contributed by atoms with van der Waals surface area (Å²) in [5, 5.41) is 2.99. The number of amides is 2.